The summed E-state index contributed by atoms with van der Waals surface area (Å²) in [6, 6.07) is 5.28. The normalized spacial score (nSPS) is 10.8. The van der Waals surface area contributed by atoms with Gasteiger partial charge in [0, 0.05) is 23.9 Å². The summed E-state index contributed by atoms with van der Waals surface area (Å²) in [6.45, 7) is 3.56. The van der Waals surface area contributed by atoms with E-state index in [4.69, 9.17) is 4.42 Å². The molecular weight excluding hydrogens is 310 g/mol. The average Bonchev–Trinajstić information content (AvgIpc) is 3.16. The molecule has 0 radical (unpaired) electrons. The molecule has 1 amide bonds. The number of anilines is 1. The van der Waals surface area contributed by atoms with Crippen LogP contribution in [0, 0.1) is 13.8 Å². The van der Waals surface area contributed by atoms with Crippen LogP contribution in [0.25, 0.3) is 11.5 Å². The van der Waals surface area contributed by atoms with Gasteiger partial charge in [0.15, 0.2) is 11.6 Å². The predicted octanol–water partition coefficient (Wildman–Crippen LogP) is 1.94. The van der Waals surface area contributed by atoms with Gasteiger partial charge in [0.2, 0.25) is 5.91 Å². The fourth-order valence-corrected chi connectivity index (χ4v) is 2.51. The number of H-pyrrole nitrogens is 2. The van der Waals surface area contributed by atoms with E-state index in [1.54, 1.807) is 38.3 Å². The predicted molar refractivity (Wildman–Crippen MR) is 87.6 cm³/mol. The summed E-state index contributed by atoms with van der Waals surface area (Å²) in [5.74, 6) is 0.908. The summed E-state index contributed by atoms with van der Waals surface area (Å²) in [4.78, 5) is 29.9. The SMILES string of the molecule is Cc1nc(=O)[nH]c(C)c1CCC(=O)Nc1cc(-c2ccco2)[nH]n1. The lowest BCUT2D eigenvalue weighted by atomic mass is 10.1. The van der Waals surface area contributed by atoms with Gasteiger partial charge in [-0.05, 0) is 38.0 Å². The first kappa shape index (κ1) is 15.7. The Balaban J connectivity index is 1.61. The largest absolute Gasteiger partial charge is 0.463 e. The number of aromatic nitrogens is 4. The van der Waals surface area contributed by atoms with E-state index in [0.717, 1.165) is 11.3 Å². The third kappa shape index (κ3) is 3.43. The molecule has 0 aromatic carbocycles. The van der Waals surface area contributed by atoms with Crippen LogP contribution < -0.4 is 11.0 Å². The van der Waals surface area contributed by atoms with Crippen LogP contribution >= 0.6 is 0 Å². The second-order valence-electron chi connectivity index (χ2n) is 5.42. The van der Waals surface area contributed by atoms with Gasteiger partial charge in [0.1, 0.15) is 5.69 Å². The summed E-state index contributed by atoms with van der Waals surface area (Å²) in [5, 5.41) is 9.57. The van der Waals surface area contributed by atoms with Crippen LogP contribution in [0.5, 0.6) is 0 Å². The van der Waals surface area contributed by atoms with Crippen LogP contribution in [0.15, 0.2) is 33.7 Å². The second-order valence-corrected chi connectivity index (χ2v) is 5.42. The van der Waals surface area contributed by atoms with Gasteiger partial charge in [-0.3, -0.25) is 9.89 Å². The van der Waals surface area contributed by atoms with Crippen LogP contribution in [0.1, 0.15) is 23.4 Å². The Hall–Kier alpha value is -3.16. The number of carbonyl (C=O) groups excluding carboxylic acids is 1. The van der Waals surface area contributed by atoms with E-state index < -0.39 is 0 Å². The lowest BCUT2D eigenvalue weighted by Crippen LogP contribution is -2.18. The van der Waals surface area contributed by atoms with Crippen molar-refractivity contribution < 1.29 is 9.21 Å². The molecule has 3 heterocycles. The maximum Gasteiger partial charge on any atom is 0.345 e. The Morgan fingerprint density at radius 3 is 2.92 bits per heavy atom. The molecule has 0 bridgehead atoms. The van der Waals surface area contributed by atoms with Crippen molar-refractivity contribution in [3.05, 3.63) is 51.9 Å². The lowest BCUT2D eigenvalue weighted by Gasteiger charge is -2.07. The Morgan fingerprint density at radius 2 is 2.21 bits per heavy atom. The van der Waals surface area contributed by atoms with Crippen molar-refractivity contribution in [1.29, 1.82) is 0 Å². The first-order valence-electron chi connectivity index (χ1n) is 7.48. The third-order valence-corrected chi connectivity index (χ3v) is 3.69. The Kier molecular flexibility index (Phi) is 4.28. The number of furan rings is 1. The fourth-order valence-electron chi connectivity index (χ4n) is 2.51. The summed E-state index contributed by atoms with van der Waals surface area (Å²) in [7, 11) is 0. The van der Waals surface area contributed by atoms with Gasteiger partial charge in [-0.1, -0.05) is 0 Å². The maximum atomic E-state index is 12.1. The average molecular weight is 327 g/mol. The number of nitrogens with zero attached hydrogens (tertiary/aromatic N) is 2. The summed E-state index contributed by atoms with van der Waals surface area (Å²) < 4.78 is 5.26. The number of rotatable bonds is 5. The van der Waals surface area contributed by atoms with Gasteiger partial charge in [-0.15, -0.1) is 0 Å². The Bertz CT molecular complexity index is 882. The van der Waals surface area contributed by atoms with E-state index in [0.29, 0.717) is 29.4 Å². The van der Waals surface area contributed by atoms with Gasteiger partial charge < -0.3 is 14.7 Å². The molecular formula is C16H17N5O3. The molecule has 3 aromatic rings. The Morgan fingerprint density at radius 1 is 1.38 bits per heavy atom. The highest BCUT2D eigenvalue weighted by Gasteiger charge is 2.11. The Labute approximate surface area is 137 Å². The molecule has 0 aliphatic rings. The monoisotopic (exact) mass is 327 g/mol. The zero-order valence-corrected chi connectivity index (χ0v) is 13.3. The highest BCUT2D eigenvalue weighted by Crippen LogP contribution is 2.20. The molecule has 0 saturated carbocycles. The van der Waals surface area contributed by atoms with Crippen molar-refractivity contribution in [3.8, 4) is 11.5 Å². The molecule has 0 fully saturated rings. The molecule has 0 spiro atoms. The molecule has 8 heteroatoms. The molecule has 3 aromatic heterocycles. The van der Waals surface area contributed by atoms with Crippen LogP contribution in [0.2, 0.25) is 0 Å². The van der Waals surface area contributed by atoms with Crippen molar-refractivity contribution in [2.75, 3.05) is 5.32 Å². The topological polar surface area (TPSA) is 117 Å². The highest BCUT2D eigenvalue weighted by molar-refractivity contribution is 5.90. The van der Waals surface area contributed by atoms with Crippen molar-refractivity contribution in [2.24, 2.45) is 0 Å². The molecule has 0 unspecified atom stereocenters. The molecule has 0 aliphatic carbocycles. The summed E-state index contributed by atoms with van der Waals surface area (Å²) in [6.07, 6.45) is 2.32. The minimum absolute atomic E-state index is 0.169. The number of nitrogens with one attached hydrogen (secondary N) is 3. The first-order valence-corrected chi connectivity index (χ1v) is 7.48. The fraction of sp³-hybridized carbons (Fsp3) is 0.250. The van der Waals surface area contributed by atoms with Crippen molar-refractivity contribution in [1.82, 2.24) is 20.2 Å². The van der Waals surface area contributed by atoms with Gasteiger partial charge in [0.05, 0.1) is 6.26 Å². The first-order chi connectivity index (χ1) is 11.5. The minimum atomic E-state index is -0.375. The van der Waals surface area contributed by atoms with Gasteiger partial charge in [0.25, 0.3) is 0 Å². The van der Waals surface area contributed by atoms with E-state index in [-0.39, 0.29) is 18.0 Å². The van der Waals surface area contributed by atoms with Gasteiger partial charge in [-0.2, -0.15) is 10.1 Å². The van der Waals surface area contributed by atoms with Crippen LogP contribution in [0.3, 0.4) is 0 Å². The maximum absolute atomic E-state index is 12.1. The number of hydrogen-bond donors (Lipinski definition) is 3. The van der Waals surface area contributed by atoms with Crippen LogP contribution in [-0.4, -0.2) is 26.1 Å². The highest BCUT2D eigenvalue weighted by atomic mass is 16.3. The standard InChI is InChI=1S/C16H17N5O3/c1-9-11(10(2)18-16(23)17-9)5-6-15(22)19-14-8-12(20-21-14)13-4-3-7-24-13/h3-4,7-8H,5-6H2,1-2H3,(H,17,18,23)(H2,19,20,21,22). The molecule has 3 rings (SSSR count). The lowest BCUT2D eigenvalue weighted by molar-refractivity contribution is -0.116. The van der Waals surface area contributed by atoms with Gasteiger partial charge >= 0.3 is 5.69 Å². The molecule has 24 heavy (non-hydrogen) atoms. The van der Waals surface area contributed by atoms with Crippen LogP contribution in [0.4, 0.5) is 5.82 Å². The molecule has 0 atom stereocenters. The summed E-state index contributed by atoms with van der Waals surface area (Å²) in [5.41, 5.74) is 2.57. The third-order valence-electron chi connectivity index (χ3n) is 3.69. The number of aryl methyl sites for hydroxylation is 2. The quantitative estimate of drug-likeness (QED) is 0.662. The van der Waals surface area contributed by atoms with Crippen molar-refractivity contribution in [3.63, 3.8) is 0 Å². The van der Waals surface area contributed by atoms with Crippen molar-refractivity contribution in [2.45, 2.75) is 26.7 Å². The molecule has 124 valence electrons. The zero-order valence-electron chi connectivity index (χ0n) is 13.3. The van der Waals surface area contributed by atoms with Gasteiger partial charge in [-0.25, -0.2) is 4.79 Å². The molecule has 3 N–H and O–H groups in total. The molecule has 0 aliphatic heterocycles. The zero-order chi connectivity index (χ0) is 17.1. The van der Waals surface area contributed by atoms with E-state index in [1.165, 1.54) is 0 Å². The number of carbonyl (C=O) groups is 1. The summed E-state index contributed by atoms with van der Waals surface area (Å²) >= 11 is 0. The minimum Gasteiger partial charge on any atom is -0.463 e. The van der Waals surface area contributed by atoms with E-state index in [9.17, 15) is 9.59 Å². The van der Waals surface area contributed by atoms with E-state index in [2.05, 4.69) is 25.5 Å². The molecule has 0 saturated heterocycles. The van der Waals surface area contributed by atoms with E-state index in [1.807, 2.05) is 0 Å². The second kappa shape index (κ2) is 6.53. The van der Waals surface area contributed by atoms with E-state index >= 15 is 0 Å². The van der Waals surface area contributed by atoms with Crippen molar-refractivity contribution >= 4 is 11.7 Å². The molecule has 8 nitrogen and oxygen atoms in total. The smallest absolute Gasteiger partial charge is 0.345 e. The van der Waals surface area contributed by atoms with Crippen LogP contribution in [-0.2, 0) is 11.2 Å². The number of hydrogen-bond acceptors (Lipinski definition) is 5. The number of aromatic amines is 2. The number of amides is 1.